The number of nitriles is 1. The first-order chi connectivity index (χ1) is 12.5. The molecule has 0 bridgehead atoms. The molecule has 1 unspecified atom stereocenters. The van der Waals surface area contributed by atoms with E-state index in [2.05, 4.69) is 22.5 Å². The molecule has 1 fully saturated rings. The highest BCUT2D eigenvalue weighted by Crippen LogP contribution is 2.40. The van der Waals surface area contributed by atoms with E-state index in [1.165, 1.54) is 12.1 Å². The molecule has 2 rings (SSSR count). The lowest BCUT2D eigenvalue weighted by Crippen LogP contribution is -2.67. The fourth-order valence-electron chi connectivity index (χ4n) is 3.07. The summed E-state index contributed by atoms with van der Waals surface area (Å²) in [5.74, 6) is 3.23. The molecule has 0 radical (unpaired) electrons. The Morgan fingerprint density at radius 2 is 2.08 bits per heavy atom. The maximum Gasteiger partial charge on any atom is 0.273 e. The van der Waals surface area contributed by atoms with Crippen molar-refractivity contribution < 1.29 is 14.3 Å². The molecule has 1 heterocycles. The third-order valence-corrected chi connectivity index (χ3v) is 4.33. The van der Waals surface area contributed by atoms with Crippen LogP contribution in [0.4, 0.5) is 0 Å². The molecule has 1 aromatic rings. The van der Waals surface area contributed by atoms with Crippen LogP contribution < -0.4 is 10.7 Å². The number of nitrogens with one attached hydrogen (secondary N) is 2. The highest BCUT2D eigenvalue weighted by atomic mass is 16.5. The zero-order valence-electron chi connectivity index (χ0n) is 14.2. The Kier molecular flexibility index (Phi) is 6.10. The highest BCUT2D eigenvalue weighted by molar-refractivity contribution is 6.70. The van der Waals surface area contributed by atoms with Crippen LogP contribution in [0.1, 0.15) is 22.8 Å². The second kappa shape index (κ2) is 8.28. The van der Waals surface area contributed by atoms with E-state index >= 15 is 0 Å². The molecule has 1 aromatic carbocycles. The number of nitrogens with zero attached hydrogens (tertiary/aromatic N) is 2. The topological polar surface area (TPSA) is 121 Å². The van der Waals surface area contributed by atoms with Crippen molar-refractivity contribution in [1.82, 2.24) is 10.7 Å². The van der Waals surface area contributed by atoms with Crippen LogP contribution in [-0.2, 0) is 9.53 Å². The van der Waals surface area contributed by atoms with Crippen LogP contribution in [0.2, 0.25) is 12.6 Å². The summed E-state index contributed by atoms with van der Waals surface area (Å²) in [6.45, 7) is 1.74. The first-order valence-corrected chi connectivity index (χ1v) is 8.03. The van der Waals surface area contributed by atoms with E-state index in [-0.39, 0.29) is 26.0 Å². The Morgan fingerprint density at radius 3 is 2.58 bits per heavy atom. The molecule has 1 aliphatic heterocycles. The molecule has 0 aromatic heterocycles. The van der Waals surface area contributed by atoms with E-state index in [0.29, 0.717) is 11.1 Å². The molecule has 8 nitrogen and oxygen atoms in total. The molecule has 1 aliphatic rings. The van der Waals surface area contributed by atoms with E-state index < -0.39 is 23.5 Å². The smallest absolute Gasteiger partial charge is 0.273 e. The monoisotopic (exact) mass is 352 g/mol. The summed E-state index contributed by atoms with van der Waals surface area (Å²) in [5, 5.41) is 14.0. The molecule has 0 aliphatic carbocycles. The molecular formula is C17H17BN4O4. The van der Waals surface area contributed by atoms with E-state index in [1.807, 2.05) is 5.43 Å². The number of nitroso groups, excluding NO2 is 1. The van der Waals surface area contributed by atoms with Gasteiger partial charge in [0.15, 0.2) is 0 Å². The fraction of sp³-hybridized carbons (Fsp3) is 0.353. The van der Waals surface area contributed by atoms with Crippen LogP contribution in [0.25, 0.3) is 0 Å². The molecule has 132 valence electrons. The van der Waals surface area contributed by atoms with Gasteiger partial charge in [-0.1, -0.05) is 5.92 Å². The highest BCUT2D eigenvalue weighted by Gasteiger charge is 2.56. The predicted molar refractivity (Wildman–Crippen MR) is 94.9 cm³/mol. The van der Waals surface area contributed by atoms with E-state index in [9.17, 15) is 14.5 Å². The van der Waals surface area contributed by atoms with Gasteiger partial charge in [-0.2, -0.15) is 0 Å². The number of carbonyl (C=O) groups excluding carboxylic acids is 2. The van der Waals surface area contributed by atoms with Crippen LogP contribution in [0.15, 0.2) is 29.6 Å². The van der Waals surface area contributed by atoms with Gasteiger partial charge >= 0.3 is 0 Å². The molecule has 1 atom stereocenters. The van der Waals surface area contributed by atoms with Crippen molar-refractivity contribution in [2.24, 2.45) is 5.29 Å². The molecule has 9 heteroatoms. The number of rotatable bonds is 7. The zero-order chi connectivity index (χ0) is 19.2. The van der Waals surface area contributed by atoms with Crippen LogP contribution >= 0.6 is 0 Å². The first-order valence-electron chi connectivity index (χ1n) is 8.03. The largest absolute Gasteiger partial charge is 0.374 e. The lowest BCUT2D eigenvalue weighted by molar-refractivity contribution is -0.133. The minimum Gasteiger partial charge on any atom is -0.374 e. The Labute approximate surface area is 151 Å². The van der Waals surface area contributed by atoms with Crippen molar-refractivity contribution in [3.8, 4) is 18.3 Å². The molecular weight excluding hydrogens is 335 g/mol. The normalized spacial score (nSPS) is 15.6. The minimum absolute atomic E-state index is 0.268. The molecule has 1 saturated heterocycles. The molecule has 2 N–H and O–H groups in total. The van der Waals surface area contributed by atoms with Gasteiger partial charge in [0.1, 0.15) is 6.04 Å². The lowest BCUT2D eigenvalue weighted by atomic mass is 9.29. The Balaban J connectivity index is 2.25. The fourth-order valence-corrected chi connectivity index (χ4v) is 3.07. The van der Waals surface area contributed by atoms with E-state index in [4.69, 9.17) is 16.4 Å². The van der Waals surface area contributed by atoms with Crippen LogP contribution in [0.5, 0.6) is 0 Å². The average molecular weight is 352 g/mol. The summed E-state index contributed by atoms with van der Waals surface area (Å²) in [6, 6.07) is 5.10. The van der Waals surface area contributed by atoms with Crippen molar-refractivity contribution in [2.45, 2.75) is 31.2 Å². The van der Waals surface area contributed by atoms with Gasteiger partial charge in [-0.25, -0.2) is 10.7 Å². The second-order valence-electron chi connectivity index (χ2n) is 5.93. The summed E-state index contributed by atoms with van der Waals surface area (Å²) in [4.78, 5) is 35.3. The van der Waals surface area contributed by atoms with Crippen molar-refractivity contribution in [1.29, 1.82) is 5.26 Å². The number of ether oxygens (including phenoxy) is 1. The van der Waals surface area contributed by atoms with Gasteiger partial charge in [-0.3, -0.25) is 9.59 Å². The van der Waals surface area contributed by atoms with Gasteiger partial charge in [-0.05, 0) is 43.8 Å². The lowest BCUT2D eigenvalue weighted by Gasteiger charge is -2.47. The number of terminal acetylenes is 1. The molecule has 2 amide bonds. The van der Waals surface area contributed by atoms with Gasteiger partial charge in [0, 0.05) is 23.7 Å². The Morgan fingerprint density at radius 1 is 1.42 bits per heavy atom. The maximum atomic E-state index is 12.5. The van der Waals surface area contributed by atoms with Crippen molar-refractivity contribution >= 4 is 18.5 Å². The summed E-state index contributed by atoms with van der Waals surface area (Å²) in [6.07, 6.45) is 5.82. The third kappa shape index (κ3) is 3.90. The summed E-state index contributed by atoms with van der Waals surface area (Å²) in [7, 11) is 0. The summed E-state index contributed by atoms with van der Waals surface area (Å²) >= 11 is 0. The van der Waals surface area contributed by atoms with Crippen LogP contribution in [0, 0.1) is 28.5 Å². The van der Waals surface area contributed by atoms with Crippen LogP contribution in [-0.4, -0.2) is 36.8 Å². The zero-order valence-corrected chi connectivity index (χ0v) is 14.2. The Bertz CT molecular complexity index is 775. The van der Waals surface area contributed by atoms with Gasteiger partial charge in [-0.15, -0.1) is 11.3 Å². The predicted octanol–water partition coefficient (Wildman–Crippen LogP) is 0.910. The molecule has 0 saturated carbocycles. The molecule has 26 heavy (non-hydrogen) atoms. The number of benzene rings is 1. The average Bonchev–Trinajstić information content (AvgIpc) is 2.62. The van der Waals surface area contributed by atoms with Gasteiger partial charge in [0.25, 0.3) is 18.5 Å². The summed E-state index contributed by atoms with van der Waals surface area (Å²) in [5.41, 5.74) is 1.66. The number of carbonyl (C=O) groups is 2. The van der Waals surface area contributed by atoms with E-state index in [0.717, 1.165) is 0 Å². The summed E-state index contributed by atoms with van der Waals surface area (Å²) < 4.78 is 5.70. The van der Waals surface area contributed by atoms with Gasteiger partial charge < -0.3 is 10.1 Å². The van der Waals surface area contributed by atoms with Gasteiger partial charge in [0.05, 0.1) is 10.9 Å². The number of hydrogen-bond donors (Lipinski definition) is 2. The molecule has 0 spiro atoms. The van der Waals surface area contributed by atoms with Crippen LogP contribution in [0.3, 0.4) is 0 Å². The Hall–Kier alpha value is -3.17. The minimum atomic E-state index is -1.16. The maximum absolute atomic E-state index is 12.5. The van der Waals surface area contributed by atoms with Crippen molar-refractivity contribution in [2.75, 3.05) is 6.61 Å². The number of hydrogen-bond acceptors (Lipinski definition) is 6. The van der Waals surface area contributed by atoms with Crippen molar-refractivity contribution in [3.05, 3.63) is 40.3 Å². The second-order valence-corrected chi connectivity index (χ2v) is 5.93. The SMILES string of the molecule is C#Cc1ccc(C(=O)NC(C(=O)NN=O)C2(OCC)CB(C#N)C2)cc1. The quantitative estimate of drug-likeness (QED) is 0.327. The first kappa shape index (κ1) is 19.2. The van der Waals surface area contributed by atoms with Crippen molar-refractivity contribution in [3.63, 3.8) is 0 Å². The third-order valence-electron chi connectivity index (χ3n) is 4.33. The standard InChI is InChI=1S/C17H17BN4O4/c1-3-12-5-7-13(8-6-12)15(23)20-14(16(24)21-22-25)17(26-4-2)9-18(10-17)11-19/h1,5-8,14H,4,9-10H2,2H3,(H,20,23)(H,21,24,25). The van der Waals surface area contributed by atoms with Gasteiger partial charge in [0.2, 0.25) is 0 Å². The van der Waals surface area contributed by atoms with E-state index in [1.54, 1.807) is 19.1 Å². The number of amides is 2.